The van der Waals surface area contributed by atoms with Crippen LogP contribution in [0.1, 0.15) is 22.0 Å². The first-order valence-electron chi connectivity index (χ1n) is 10.5. The van der Waals surface area contributed by atoms with Crippen LogP contribution < -0.4 is 14.4 Å². The number of aromatic hydroxyl groups is 1. The topological polar surface area (TPSA) is 140 Å². The van der Waals surface area contributed by atoms with E-state index in [0.29, 0.717) is 22.9 Å². The lowest BCUT2D eigenvalue weighted by Crippen LogP contribution is -2.26. The number of aromatic carboxylic acids is 1. The summed E-state index contributed by atoms with van der Waals surface area (Å²) in [6.45, 7) is 0.891. The van der Waals surface area contributed by atoms with Crippen LogP contribution in [0.15, 0.2) is 60.7 Å². The monoisotopic (exact) mass is 520 g/mol. The van der Waals surface area contributed by atoms with Crippen molar-refractivity contribution < 1.29 is 33.6 Å². The van der Waals surface area contributed by atoms with Gasteiger partial charge >= 0.3 is 5.97 Å². The third-order valence-electron chi connectivity index (χ3n) is 5.23. The number of phenols is 1. The Morgan fingerprint density at radius 3 is 2.43 bits per heavy atom. The maximum absolute atomic E-state index is 11.3. The van der Waals surface area contributed by atoms with Gasteiger partial charge in [0.2, 0.25) is 0 Å². The van der Waals surface area contributed by atoms with Crippen LogP contribution in [0, 0.1) is 0 Å². The van der Waals surface area contributed by atoms with E-state index in [9.17, 15) is 23.8 Å². The second-order valence-electron chi connectivity index (χ2n) is 7.57. The molecule has 2 atom stereocenters. The number of aliphatic hydroxyl groups excluding tert-OH is 1. The number of benzene rings is 3. The molecule has 0 saturated heterocycles. The van der Waals surface area contributed by atoms with Gasteiger partial charge < -0.3 is 25.4 Å². The zero-order valence-electron chi connectivity index (χ0n) is 18.7. The van der Waals surface area contributed by atoms with Crippen LogP contribution >= 0.6 is 11.6 Å². The van der Waals surface area contributed by atoms with E-state index in [1.165, 1.54) is 37.4 Å². The van der Waals surface area contributed by atoms with Gasteiger partial charge in [0.25, 0.3) is 11.3 Å². The Morgan fingerprint density at radius 1 is 1.11 bits per heavy atom. The molecule has 5 N–H and O–H groups in total. The minimum Gasteiger partial charge on any atom is -0.506 e. The van der Waals surface area contributed by atoms with Crippen LogP contribution in [0.3, 0.4) is 0 Å². The van der Waals surface area contributed by atoms with E-state index in [1.807, 2.05) is 6.07 Å². The number of rotatable bonds is 11. The van der Waals surface area contributed by atoms with Gasteiger partial charge in [-0.25, -0.2) is 9.00 Å². The van der Waals surface area contributed by atoms with Crippen molar-refractivity contribution in [2.45, 2.75) is 6.10 Å². The van der Waals surface area contributed by atoms with Crippen molar-refractivity contribution in [1.29, 1.82) is 0 Å². The maximum atomic E-state index is 11.3. The third-order valence-corrected chi connectivity index (χ3v) is 6.19. The van der Waals surface area contributed by atoms with Gasteiger partial charge in [0.15, 0.2) is 0 Å². The van der Waals surface area contributed by atoms with Gasteiger partial charge in [-0.3, -0.25) is 8.86 Å². The highest BCUT2D eigenvalue weighted by atomic mass is 35.5. The van der Waals surface area contributed by atoms with E-state index < -0.39 is 23.3 Å². The summed E-state index contributed by atoms with van der Waals surface area (Å²) < 4.78 is 27.1. The molecule has 3 rings (SSSR count). The highest BCUT2D eigenvalue weighted by Crippen LogP contribution is 2.31. The van der Waals surface area contributed by atoms with Crippen LogP contribution in [0.25, 0.3) is 11.1 Å². The molecule has 35 heavy (non-hydrogen) atoms. The maximum Gasteiger partial charge on any atom is 0.335 e. The van der Waals surface area contributed by atoms with Crippen molar-refractivity contribution in [1.82, 2.24) is 5.32 Å². The number of hydrogen-bond donors (Lipinski definition) is 5. The number of anilines is 1. The lowest BCUT2D eigenvalue weighted by atomic mass is 10.0. The first kappa shape index (κ1) is 26.5. The minimum absolute atomic E-state index is 0.127. The van der Waals surface area contributed by atoms with E-state index in [0.717, 1.165) is 15.4 Å². The Kier molecular flexibility index (Phi) is 9.07. The Hall–Kier alpha value is -3.15. The first-order chi connectivity index (χ1) is 16.7. The zero-order chi connectivity index (χ0) is 25.5. The average Bonchev–Trinajstić information content (AvgIpc) is 2.84. The molecule has 3 aromatic rings. The number of hydrogen-bond acceptors (Lipinski definition) is 6. The van der Waals surface area contributed by atoms with Crippen molar-refractivity contribution in [3.63, 3.8) is 0 Å². The number of aliphatic hydroxyl groups is 1. The number of nitrogens with one attached hydrogen (secondary N) is 1. The van der Waals surface area contributed by atoms with Crippen molar-refractivity contribution in [3.8, 4) is 22.6 Å². The van der Waals surface area contributed by atoms with Gasteiger partial charge in [-0.1, -0.05) is 35.9 Å². The fourth-order valence-corrected chi connectivity index (χ4v) is 3.83. The molecule has 0 aliphatic heterocycles. The van der Waals surface area contributed by atoms with Gasteiger partial charge in [0.1, 0.15) is 18.1 Å². The molecule has 0 aliphatic carbocycles. The smallest absolute Gasteiger partial charge is 0.335 e. The van der Waals surface area contributed by atoms with E-state index in [1.54, 1.807) is 24.3 Å². The van der Waals surface area contributed by atoms with Crippen LogP contribution in [0.2, 0.25) is 5.02 Å². The highest BCUT2D eigenvalue weighted by molar-refractivity contribution is 7.80. The molecule has 0 spiro atoms. The molecular weight excluding hydrogens is 496 g/mol. The van der Waals surface area contributed by atoms with Gasteiger partial charge in [-0.05, 0) is 53.1 Å². The minimum atomic E-state index is -2.31. The molecule has 0 aliphatic rings. The van der Waals surface area contributed by atoms with Gasteiger partial charge in [0.05, 0.1) is 22.4 Å². The summed E-state index contributed by atoms with van der Waals surface area (Å²) in [4.78, 5) is 11.0. The molecule has 9 nitrogen and oxygen atoms in total. The molecule has 0 amide bonds. The molecule has 186 valence electrons. The van der Waals surface area contributed by atoms with Crippen LogP contribution in [0.4, 0.5) is 5.69 Å². The van der Waals surface area contributed by atoms with Crippen LogP contribution in [-0.4, -0.2) is 56.8 Å². The van der Waals surface area contributed by atoms with Crippen molar-refractivity contribution in [2.24, 2.45) is 0 Å². The summed E-state index contributed by atoms with van der Waals surface area (Å²) in [6.07, 6.45) is -0.912. The number of phenolic OH excluding ortho intramolecular Hbond substituents is 1. The Balaban J connectivity index is 1.50. The third kappa shape index (κ3) is 6.93. The summed E-state index contributed by atoms with van der Waals surface area (Å²) in [5.74, 6) is -0.671. The average molecular weight is 521 g/mol. The summed E-state index contributed by atoms with van der Waals surface area (Å²) in [5.41, 5.74) is 2.45. The SMILES string of the molecule is CN(c1cc(C(O)CNCCOc2ccc(-c3ccc(C(=O)O)cc3)cc2Cl)ccc1O)S(=O)O. The van der Waals surface area contributed by atoms with Crippen molar-refractivity contribution >= 4 is 34.5 Å². The molecule has 0 heterocycles. The highest BCUT2D eigenvalue weighted by Gasteiger charge is 2.15. The molecule has 11 heteroatoms. The number of carboxylic acids is 1. The molecule has 0 bridgehead atoms. The molecule has 0 aromatic heterocycles. The fraction of sp³-hybridized carbons (Fsp3) is 0.208. The molecule has 2 unspecified atom stereocenters. The molecule has 3 aromatic carbocycles. The summed E-state index contributed by atoms with van der Waals surface area (Å²) in [7, 11) is 1.35. The quantitative estimate of drug-likeness (QED) is 0.190. The molecule has 0 fully saturated rings. The Morgan fingerprint density at radius 2 is 1.80 bits per heavy atom. The standard InChI is InChI=1S/C24H25ClN2O7S/c1-27(35(32)33)20-13-18(6-8-21(20)28)22(29)14-26-10-11-34-23-9-7-17(12-19(23)25)15-2-4-16(5-3-15)24(30)31/h2-9,12-13,22,26,28-29H,10-11,14H2,1H3,(H,30,31)(H,32,33). The molecular formula is C24H25ClN2O7S. The number of carbonyl (C=O) groups is 1. The van der Waals surface area contributed by atoms with E-state index >= 15 is 0 Å². The van der Waals surface area contributed by atoms with Gasteiger partial charge in [0, 0.05) is 20.1 Å². The van der Waals surface area contributed by atoms with Crippen molar-refractivity contribution in [3.05, 3.63) is 76.8 Å². The Labute approximate surface area is 210 Å². The lowest BCUT2D eigenvalue weighted by molar-refractivity contribution is 0.0697. The van der Waals surface area contributed by atoms with Gasteiger partial charge in [-0.2, -0.15) is 0 Å². The fourth-order valence-electron chi connectivity index (χ4n) is 3.28. The number of halogens is 1. The van der Waals surface area contributed by atoms with Crippen molar-refractivity contribution in [2.75, 3.05) is 31.0 Å². The molecule has 0 saturated carbocycles. The zero-order valence-corrected chi connectivity index (χ0v) is 20.3. The number of nitrogens with zero attached hydrogens (tertiary/aromatic N) is 1. The van der Waals surface area contributed by atoms with E-state index in [4.69, 9.17) is 21.4 Å². The van der Waals surface area contributed by atoms with E-state index in [-0.39, 0.29) is 30.2 Å². The second kappa shape index (κ2) is 12.0. The van der Waals surface area contributed by atoms with Crippen LogP contribution in [0.5, 0.6) is 11.5 Å². The predicted molar refractivity (Wildman–Crippen MR) is 134 cm³/mol. The Bertz CT molecular complexity index is 1210. The lowest BCUT2D eigenvalue weighted by Gasteiger charge is -2.18. The largest absolute Gasteiger partial charge is 0.506 e. The summed E-state index contributed by atoms with van der Waals surface area (Å²) >= 11 is 4.03. The van der Waals surface area contributed by atoms with Gasteiger partial charge in [-0.15, -0.1) is 0 Å². The molecule has 0 radical (unpaired) electrons. The normalized spacial score (nSPS) is 12.7. The predicted octanol–water partition coefficient (Wildman–Crippen LogP) is 3.69. The number of ether oxygens (including phenoxy) is 1. The summed E-state index contributed by atoms with van der Waals surface area (Å²) in [5, 5.41) is 32.8. The first-order valence-corrected chi connectivity index (χ1v) is 11.9. The summed E-state index contributed by atoms with van der Waals surface area (Å²) in [6, 6.07) is 16.1. The number of carboxylic acid groups (broad SMARTS) is 1. The van der Waals surface area contributed by atoms with Crippen LogP contribution in [-0.2, 0) is 11.3 Å². The van der Waals surface area contributed by atoms with E-state index in [2.05, 4.69) is 5.32 Å². The second-order valence-corrected chi connectivity index (χ2v) is 8.99.